The van der Waals surface area contributed by atoms with Crippen LogP contribution in [0.5, 0.6) is 0 Å². The van der Waals surface area contributed by atoms with Gasteiger partial charge in [-0.2, -0.15) is 26.0 Å². The molecule has 0 bridgehead atoms. The Hall–Kier alpha value is -1.89. The molecule has 1 N–H and O–H groups in total. The zero-order valence-electron chi connectivity index (χ0n) is 23.5. The molecule has 4 aliphatic carbocycles. The SMILES string of the molecule is C[C@H](CCC(=O)OCCC(F)(F)C(F)(F)S(=O)(=O)O)C1CCC2C3C(=O)CC4CC(=O)CCC4(C)C3CC(=O)C21C. The molecule has 41 heavy (non-hydrogen) atoms. The first-order chi connectivity index (χ1) is 18.8. The maximum absolute atomic E-state index is 13.8. The summed E-state index contributed by atoms with van der Waals surface area (Å²) in [5.41, 5.74) is -1.00. The lowest BCUT2D eigenvalue weighted by atomic mass is 9.44. The molecule has 7 unspecified atom stereocenters. The van der Waals surface area contributed by atoms with Crippen molar-refractivity contribution >= 4 is 33.4 Å². The van der Waals surface area contributed by atoms with E-state index in [9.17, 15) is 45.2 Å². The zero-order chi connectivity index (χ0) is 30.8. The van der Waals surface area contributed by atoms with Gasteiger partial charge < -0.3 is 4.74 Å². The maximum atomic E-state index is 13.8. The van der Waals surface area contributed by atoms with E-state index in [0.717, 1.165) is 0 Å². The smallest absolute Gasteiger partial charge is 0.431 e. The van der Waals surface area contributed by atoms with Gasteiger partial charge in [-0.05, 0) is 60.7 Å². The summed E-state index contributed by atoms with van der Waals surface area (Å²) < 4.78 is 88.1. The Morgan fingerprint density at radius 1 is 1.07 bits per heavy atom. The van der Waals surface area contributed by atoms with Crippen molar-refractivity contribution in [2.75, 3.05) is 6.61 Å². The highest BCUT2D eigenvalue weighted by atomic mass is 32.2. The number of rotatable bonds is 9. The fourth-order valence-electron chi connectivity index (χ4n) is 8.64. The van der Waals surface area contributed by atoms with Gasteiger partial charge in [-0.1, -0.05) is 20.8 Å². The van der Waals surface area contributed by atoms with Crippen LogP contribution in [0.2, 0.25) is 0 Å². The summed E-state index contributed by atoms with van der Waals surface area (Å²) in [6, 6.07) is 0. The molecule has 4 fully saturated rings. The molecule has 0 aromatic carbocycles. The Labute approximate surface area is 237 Å². The summed E-state index contributed by atoms with van der Waals surface area (Å²) in [6.45, 7) is 4.74. The second kappa shape index (κ2) is 10.7. The Morgan fingerprint density at radius 2 is 1.73 bits per heavy atom. The van der Waals surface area contributed by atoms with Gasteiger partial charge in [-0.25, -0.2) is 0 Å². The monoisotopic (exact) mass is 610 g/mol. The standard InChI is InChI=1S/C28H38F4O8S/c1-15(4-7-23(36)40-11-10-27(29,30)28(31,32)41(37,38)39)18-5-6-19-24-20(14-22(35)26(18,19)3)25(2)9-8-17(33)12-16(25)13-21(24)34/h15-16,18-20,24H,4-14H2,1-3H3,(H,37,38,39)/t15-,16?,18?,19?,20?,24?,25?,26?/m1/s1. The molecule has 8 nitrogen and oxygen atoms in total. The molecule has 4 saturated carbocycles. The predicted molar refractivity (Wildman–Crippen MR) is 136 cm³/mol. The average Bonchev–Trinajstić information content (AvgIpc) is 3.22. The molecule has 8 atom stereocenters. The van der Waals surface area contributed by atoms with Crippen molar-refractivity contribution in [1.29, 1.82) is 0 Å². The van der Waals surface area contributed by atoms with E-state index in [1.165, 1.54) is 0 Å². The van der Waals surface area contributed by atoms with Gasteiger partial charge in [-0.3, -0.25) is 23.7 Å². The largest absolute Gasteiger partial charge is 0.465 e. The molecular formula is C28H38F4O8S. The van der Waals surface area contributed by atoms with Crippen LogP contribution in [0.3, 0.4) is 0 Å². The molecule has 13 heteroatoms. The van der Waals surface area contributed by atoms with Gasteiger partial charge in [0, 0.05) is 43.4 Å². The fourth-order valence-corrected chi connectivity index (χ4v) is 9.12. The zero-order valence-corrected chi connectivity index (χ0v) is 24.3. The number of esters is 1. The maximum Gasteiger partial charge on any atom is 0.431 e. The van der Waals surface area contributed by atoms with Crippen molar-refractivity contribution in [3.8, 4) is 0 Å². The van der Waals surface area contributed by atoms with E-state index in [0.29, 0.717) is 38.5 Å². The van der Waals surface area contributed by atoms with Gasteiger partial charge in [-0.15, -0.1) is 0 Å². The van der Waals surface area contributed by atoms with Gasteiger partial charge >= 0.3 is 27.3 Å². The molecule has 0 aromatic rings. The number of carbonyl (C=O) groups excluding carboxylic acids is 4. The molecule has 4 rings (SSSR count). The van der Waals surface area contributed by atoms with Gasteiger partial charge in [0.25, 0.3) is 0 Å². The summed E-state index contributed by atoms with van der Waals surface area (Å²) in [6.07, 6.45) is 1.73. The van der Waals surface area contributed by atoms with E-state index in [2.05, 4.69) is 11.7 Å². The topological polar surface area (TPSA) is 132 Å². The molecule has 0 amide bonds. The number of halogens is 4. The van der Waals surface area contributed by atoms with Crippen LogP contribution in [0.15, 0.2) is 0 Å². The van der Waals surface area contributed by atoms with Crippen LogP contribution < -0.4 is 0 Å². The number of alkyl halides is 4. The van der Waals surface area contributed by atoms with E-state index in [-0.39, 0.29) is 77.5 Å². The summed E-state index contributed by atoms with van der Waals surface area (Å²) in [5, 5.41) is -5.73. The van der Waals surface area contributed by atoms with Gasteiger partial charge in [0.2, 0.25) is 0 Å². The van der Waals surface area contributed by atoms with Crippen LogP contribution in [0.25, 0.3) is 0 Å². The highest BCUT2D eigenvalue weighted by Crippen LogP contribution is 2.66. The van der Waals surface area contributed by atoms with Gasteiger partial charge in [0.05, 0.1) is 13.0 Å². The van der Waals surface area contributed by atoms with E-state index >= 15 is 0 Å². The van der Waals surface area contributed by atoms with Crippen molar-refractivity contribution in [3.05, 3.63) is 0 Å². The van der Waals surface area contributed by atoms with Crippen LogP contribution in [-0.4, -0.2) is 54.1 Å². The second-order valence-electron chi connectivity index (χ2n) is 13.1. The molecule has 0 saturated heterocycles. The number of ketones is 3. The van der Waals surface area contributed by atoms with E-state index in [1.54, 1.807) is 0 Å². The Kier molecular flexibility index (Phi) is 8.34. The average molecular weight is 611 g/mol. The quantitative estimate of drug-likeness (QED) is 0.218. The van der Waals surface area contributed by atoms with Gasteiger partial charge in [0.15, 0.2) is 0 Å². The molecule has 0 heterocycles. The molecule has 232 valence electrons. The first-order valence-electron chi connectivity index (χ1n) is 14.2. The third kappa shape index (κ3) is 5.27. The second-order valence-corrected chi connectivity index (χ2v) is 14.6. The number of ether oxygens (including phenoxy) is 1. The molecule has 0 spiro atoms. The van der Waals surface area contributed by atoms with Crippen molar-refractivity contribution in [3.63, 3.8) is 0 Å². The molecule has 0 radical (unpaired) electrons. The van der Waals surface area contributed by atoms with Crippen molar-refractivity contribution in [2.24, 2.45) is 46.3 Å². The highest BCUT2D eigenvalue weighted by molar-refractivity contribution is 7.87. The van der Waals surface area contributed by atoms with Crippen LogP contribution >= 0.6 is 0 Å². The van der Waals surface area contributed by atoms with Crippen molar-refractivity contribution in [2.45, 2.75) is 96.2 Å². The minimum absolute atomic E-state index is 0.0315. The summed E-state index contributed by atoms with van der Waals surface area (Å²) in [7, 11) is -6.37. The minimum atomic E-state index is -6.37. The molecule has 4 aliphatic rings. The van der Waals surface area contributed by atoms with Crippen LogP contribution in [0.1, 0.15) is 85.0 Å². The Bertz CT molecular complexity index is 1220. The molecular weight excluding hydrogens is 572 g/mol. The van der Waals surface area contributed by atoms with E-state index < -0.39 is 45.7 Å². The van der Waals surface area contributed by atoms with Crippen LogP contribution in [-0.2, 0) is 34.0 Å². The first-order valence-corrected chi connectivity index (χ1v) is 15.7. The summed E-state index contributed by atoms with van der Waals surface area (Å²) in [4.78, 5) is 51.6. The number of fused-ring (bicyclic) bond motifs is 5. The Morgan fingerprint density at radius 3 is 2.37 bits per heavy atom. The lowest BCUT2D eigenvalue weighted by Crippen LogP contribution is -2.60. The lowest BCUT2D eigenvalue weighted by molar-refractivity contribution is -0.174. The van der Waals surface area contributed by atoms with Crippen molar-refractivity contribution in [1.82, 2.24) is 0 Å². The minimum Gasteiger partial charge on any atom is -0.465 e. The van der Waals surface area contributed by atoms with Crippen molar-refractivity contribution < 1.29 is 54.4 Å². The van der Waals surface area contributed by atoms with Gasteiger partial charge in [0.1, 0.15) is 17.3 Å². The Balaban J connectivity index is 1.37. The summed E-state index contributed by atoms with van der Waals surface area (Å²) >= 11 is 0. The lowest BCUT2D eigenvalue weighted by Gasteiger charge is -2.58. The number of hydrogen-bond acceptors (Lipinski definition) is 7. The first kappa shape index (κ1) is 32.0. The third-order valence-electron chi connectivity index (χ3n) is 11.1. The normalized spacial score (nSPS) is 36.8. The molecule has 0 aliphatic heterocycles. The van der Waals surface area contributed by atoms with E-state index in [1.807, 2.05) is 13.8 Å². The van der Waals surface area contributed by atoms with Crippen LogP contribution in [0.4, 0.5) is 17.6 Å². The fraction of sp³-hybridized carbons (Fsp3) is 0.857. The summed E-state index contributed by atoms with van der Waals surface area (Å²) in [5.74, 6) is -6.51. The third-order valence-corrected chi connectivity index (χ3v) is 12.1. The number of hydrogen-bond donors (Lipinski definition) is 1. The highest BCUT2D eigenvalue weighted by Gasteiger charge is 2.67. The number of Topliss-reactive ketones (excluding diaryl/α,β-unsaturated/α-hetero) is 3. The molecule has 0 aromatic heterocycles. The van der Waals surface area contributed by atoms with Crippen LogP contribution in [0, 0.1) is 46.3 Å². The predicted octanol–water partition coefficient (Wildman–Crippen LogP) is 5.04. The van der Waals surface area contributed by atoms with E-state index in [4.69, 9.17) is 4.55 Å². The number of carbonyl (C=O) groups is 4.